The fourth-order valence-electron chi connectivity index (χ4n) is 1.89. The fraction of sp³-hybridized carbons (Fsp3) is 0.0714. The summed E-state index contributed by atoms with van der Waals surface area (Å²) in [6.45, 7) is 0. The molecule has 0 aliphatic carbocycles. The van der Waals surface area contributed by atoms with Crippen LogP contribution >= 0.6 is 6.04 Å². The average Bonchev–Trinajstić information content (AvgIpc) is 2.47. The van der Waals surface area contributed by atoms with Crippen molar-refractivity contribution >= 4 is 34.4 Å². The molecular weight excluding hydrogens is 279 g/mol. The van der Waals surface area contributed by atoms with Crippen molar-refractivity contribution in [1.82, 2.24) is 0 Å². The van der Waals surface area contributed by atoms with Crippen molar-refractivity contribution in [2.75, 3.05) is 0 Å². The molecule has 0 radical (unpaired) electrons. The van der Waals surface area contributed by atoms with Crippen LogP contribution in [-0.4, -0.2) is 22.0 Å². The lowest BCUT2D eigenvalue weighted by atomic mass is 10.4. The standard InChI is InChI=1S/C14H13O3PS/c15-13(16)14(17)18(19,11-7-3-1-4-8-11)12-9-5-2-6-10-12/h1-10,14,17H,(H,15,16). The molecule has 0 saturated carbocycles. The normalized spacial score (nSPS) is 12.9. The Labute approximate surface area is 116 Å². The number of aliphatic hydroxyl groups excluding tert-OH is 1. The van der Waals surface area contributed by atoms with Crippen molar-refractivity contribution in [1.29, 1.82) is 0 Å². The Morgan fingerprint density at radius 2 is 1.32 bits per heavy atom. The Kier molecular flexibility index (Phi) is 4.15. The van der Waals surface area contributed by atoms with Crippen molar-refractivity contribution < 1.29 is 15.0 Å². The third kappa shape index (κ3) is 2.61. The predicted molar refractivity (Wildman–Crippen MR) is 80.1 cm³/mol. The van der Waals surface area contributed by atoms with Crippen molar-refractivity contribution in [3.8, 4) is 0 Å². The molecule has 0 aliphatic rings. The summed E-state index contributed by atoms with van der Waals surface area (Å²) in [6, 6.07) is 15.2. The van der Waals surface area contributed by atoms with Gasteiger partial charge >= 0.3 is 5.97 Å². The molecule has 0 amide bonds. The van der Waals surface area contributed by atoms with Gasteiger partial charge in [0.15, 0.2) is 5.85 Å². The van der Waals surface area contributed by atoms with Gasteiger partial charge < -0.3 is 10.2 Å². The van der Waals surface area contributed by atoms with Crippen molar-refractivity contribution in [3.05, 3.63) is 60.7 Å². The molecule has 3 nitrogen and oxygen atoms in total. The highest BCUT2D eigenvalue weighted by Crippen LogP contribution is 2.47. The number of carboxylic acids is 1. The third-order valence-electron chi connectivity index (χ3n) is 2.84. The maximum Gasteiger partial charge on any atom is 0.338 e. The molecule has 1 unspecified atom stereocenters. The monoisotopic (exact) mass is 292 g/mol. The van der Waals surface area contributed by atoms with Crippen LogP contribution in [0.25, 0.3) is 0 Å². The van der Waals surface area contributed by atoms with Crippen LogP contribution in [-0.2, 0) is 16.6 Å². The Balaban J connectivity index is 2.65. The first-order chi connectivity index (χ1) is 9.06. The summed E-state index contributed by atoms with van der Waals surface area (Å²) in [6.07, 6.45) is 0. The van der Waals surface area contributed by atoms with E-state index in [-0.39, 0.29) is 0 Å². The molecule has 0 saturated heterocycles. The zero-order valence-corrected chi connectivity index (χ0v) is 11.7. The highest BCUT2D eigenvalue weighted by atomic mass is 32.4. The number of carbonyl (C=O) groups is 1. The number of benzene rings is 2. The molecule has 0 heterocycles. The largest absolute Gasteiger partial charge is 0.479 e. The first-order valence-corrected chi connectivity index (χ1v) is 8.56. The Morgan fingerprint density at radius 1 is 0.947 bits per heavy atom. The SMILES string of the molecule is O=C(O)C(O)P(=S)(c1ccccc1)c1ccccc1. The van der Waals surface area contributed by atoms with Crippen LogP contribution in [0.5, 0.6) is 0 Å². The number of hydrogen-bond donors (Lipinski definition) is 2. The molecule has 5 heteroatoms. The summed E-state index contributed by atoms with van der Waals surface area (Å²) in [5.41, 5.74) is 0. The van der Waals surface area contributed by atoms with Gasteiger partial charge in [0.2, 0.25) is 0 Å². The topological polar surface area (TPSA) is 57.5 Å². The second-order valence-electron chi connectivity index (χ2n) is 4.04. The van der Waals surface area contributed by atoms with E-state index < -0.39 is 17.9 Å². The second kappa shape index (κ2) is 5.66. The second-order valence-corrected chi connectivity index (χ2v) is 8.61. The van der Waals surface area contributed by atoms with Gasteiger partial charge in [-0.2, -0.15) is 0 Å². The molecule has 2 N–H and O–H groups in total. The van der Waals surface area contributed by atoms with Crippen molar-refractivity contribution in [2.24, 2.45) is 0 Å². The molecule has 2 rings (SSSR count). The van der Waals surface area contributed by atoms with E-state index in [2.05, 4.69) is 0 Å². The Bertz CT molecular complexity index is 570. The van der Waals surface area contributed by atoms with Crippen LogP contribution in [0.1, 0.15) is 0 Å². The van der Waals surface area contributed by atoms with Gasteiger partial charge in [0, 0.05) is 6.04 Å². The highest BCUT2D eigenvalue weighted by Gasteiger charge is 2.35. The van der Waals surface area contributed by atoms with E-state index in [1.807, 2.05) is 12.1 Å². The first kappa shape index (κ1) is 13.9. The van der Waals surface area contributed by atoms with Crippen LogP contribution in [0.3, 0.4) is 0 Å². The molecule has 0 aliphatic heterocycles. The van der Waals surface area contributed by atoms with Gasteiger partial charge in [-0.15, -0.1) is 0 Å². The average molecular weight is 292 g/mol. The van der Waals surface area contributed by atoms with Crippen LogP contribution in [0.15, 0.2) is 60.7 Å². The number of carboxylic acid groups (broad SMARTS) is 1. The van der Waals surface area contributed by atoms with E-state index >= 15 is 0 Å². The lowest BCUT2D eigenvalue weighted by Crippen LogP contribution is -2.31. The highest BCUT2D eigenvalue weighted by molar-refractivity contribution is 8.22. The summed E-state index contributed by atoms with van der Waals surface area (Å²) in [7, 11) is 0. The zero-order valence-electron chi connectivity index (χ0n) is 10.0. The maximum atomic E-state index is 11.2. The van der Waals surface area contributed by atoms with Crippen molar-refractivity contribution in [3.63, 3.8) is 0 Å². The van der Waals surface area contributed by atoms with Crippen molar-refractivity contribution in [2.45, 2.75) is 5.85 Å². The lowest BCUT2D eigenvalue weighted by molar-refractivity contribution is -0.142. The smallest absolute Gasteiger partial charge is 0.338 e. The first-order valence-electron chi connectivity index (χ1n) is 5.68. The summed E-state index contributed by atoms with van der Waals surface area (Å²) >= 11 is 5.61. The molecule has 0 bridgehead atoms. The molecule has 19 heavy (non-hydrogen) atoms. The fourth-order valence-corrected chi connectivity index (χ4v) is 5.29. The van der Waals surface area contributed by atoms with Crippen LogP contribution in [0, 0.1) is 0 Å². The quantitative estimate of drug-likeness (QED) is 0.839. The number of aliphatic carboxylic acids is 1. The van der Waals surface area contributed by atoms with E-state index in [1.165, 1.54) is 0 Å². The molecular formula is C14H13O3PS. The molecule has 2 aromatic carbocycles. The zero-order chi connectivity index (χ0) is 13.9. The molecule has 0 aromatic heterocycles. The van der Waals surface area contributed by atoms with Crippen LogP contribution in [0.2, 0.25) is 0 Å². The predicted octanol–water partition coefficient (Wildman–Crippen LogP) is 1.52. The van der Waals surface area contributed by atoms with E-state index in [0.29, 0.717) is 10.6 Å². The van der Waals surface area contributed by atoms with E-state index in [1.54, 1.807) is 48.5 Å². The molecule has 1 atom stereocenters. The number of hydrogen-bond acceptors (Lipinski definition) is 3. The minimum Gasteiger partial charge on any atom is -0.479 e. The van der Waals surface area contributed by atoms with E-state index in [9.17, 15) is 9.90 Å². The van der Waals surface area contributed by atoms with E-state index in [0.717, 1.165) is 0 Å². The van der Waals surface area contributed by atoms with Gasteiger partial charge in [-0.05, 0) is 10.6 Å². The molecule has 0 spiro atoms. The van der Waals surface area contributed by atoms with E-state index in [4.69, 9.17) is 16.9 Å². The lowest BCUT2D eigenvalue weighted by Gasteiger charge is -2.25. The van der Waals surface area contributed by atoms with Gasteiger partial charge in [0.05, 0.1) is 0 Å². The molecule has 98 valence electrons. The number of rotatable bonds is 4. The summed E-state index contributed by atoms with van der Waals surface area (Å²) in [5, 5.41) is 20.6. The Hall–Kier alpha value is -1.48. The van der Waals surface area contributed by atoms with Gasteiger partial charge in [-0.1, -0.05) is 72.5 Å². The number of aliphatic hydroxyl groups is 1. The summed E-state index contributed by atoms with van der Waals surface area (Å²) < 4.78 is 0. The maximum absolute atomic E-state index is 11.2. The van der Waals surface area contributed by atoms with Gasteiger partial charge in [-0.3, -0.25) is 0 Å². The minimum absolute atomic E-state index is 0.700. The van der Waals surface area contributed by atoms with Crippen LogP contribution < -0.4 is 10.6 Å². The minimum atomic E-state index is -2.78. The van der Waals surface area contributed by atoms with Gasteiger partial charge in [0.25, 0.3) is 0 Å². The van der Waals surface area contributed by atoms with Crippen LogP contribution in [0.4, 0.5) is 0 Å². The Morgan fingerprint density at radius 3 is 1.63 bits per heavy atom. The summed E-state index contributed by atoms with van der Waals surface area (Å²) in [4.78, 5) is 11.2. The third-order valence-corrected chi connectivity index (χ3v) is 7.75. The van der Waals surface area contributed by atoms with Gasteiger partial charge in [0.1, 0.15) is 0 Å². The molecule has 2 aromatic rings. The van der Waals surface area contributed by atoms with Gasteiger partial charge in [-0.25, -0.2) is 4.79 Å². The molecule has 0 fully saturated rings. The summed E-state index contributed by atoms with van der Waals surface area (Å²) in [5.74, 6) is -2.86.